The van der Waals surface area contributed by atoms with Crippen molar-refractivity contribution in [2.24, 2.45) is 0 Å². The van der Waals surface area contributed by atoms with Crippen LogP contribution in [0.25, 0.3) is 11.0 Å². The van der Waals surface area contributed by atoms with Gasteiger partial charge in [0.2, 0.25) is 0 Å². The summed E-state index contributed by atoms with van der Waals surface area (Å²) in [4.78, 5) is 8.80. The van der Waals surface area contributed by atoms with Gasteiger partial charge in [-0.2, -0.15) is 0 Å². The summed E-state index contributed by atoms with van der Waals surface area (Å²) in [6, 6.07) is 12.9. The third-order valence-corrected chi connectivity index (χ3v) is 3.11. The lowest BCUT2D eigenvalue weighted by molar-refractivity contribution is 0.415. The average molecular weight is 281 g/mol. The molecule has 6 heteroatoms. The van der Waals surface area contributed by atoms with Crippen molar-refractivity contribution in [2.45, 2.75) is 0 Å². The molecule has 21 heavy (non-hydrogen) atoms. The highest BCUT2D eigenvalue weighted by Gasteiger charge is 2.08. The molecule has 1 aromatic heterocycles. The second-order valence-electron chi connectivity index (χ2n) is 4.52. The maximum absolute atomic E-state index is 5.95. The highest BCUT2D eigenvalue weighted by Crippen LogP contribution is 2.29. The van der Waals surface area contributed by atoms with Crippen molar-refractivity contribution in [3.63, 3.8) is 0 Å². The van der Waals surface area contributed by atoms with Crippen LogP contribution in [0.1, 0.15) is 0 Å². The molecule has 0 spiro atoms. The van der Waals surface area contributed by atoms with Crippen LogP contribution in [0.2, 0.25) is 0 Å². The van der Waals surface area contributed by atoms with Gasteiger partial charge in [0, 0.05) is 6.07 Å². The number of benzene rings is 2. The summed E-state index contributed by atoms with van der Waals surface area (Å²) in [5.74, 6) is 1.48. The van der Waals surface area contributed by atoms with E-state index >= 15 is 0 Å². The Balaban J connectivity index is 2.03. The number of nitrogens with zero attached hydrogens (tertiary/aromatic N) is 2. The lowest BCUT2D eigenvalue weighted by Crippen LogP contribution is -2.04. The number of para-hydroxylation sites is 2. The number of anilines is 4. The molecule has 0 saturated heterocycles. The Bertz CT molecular complexity index is 803. The lowest BCUT2D eigenvalue weighted by Gasteiger charge is -2.12. The predicted molar refractivity (Wildman–Crippen MR) is 84.6 cm³/mol. The van der Waals surface area contributed by atoms with E-state index in [-0.39, 0.29) is 0 Å². The Morgan fingerprint density at radius 2 is 1.71 bits per heavy atom. The fraction of sp³-hybridized carbons (Fsp3) is 0.0667. The molecule has 106 valence electrons. The third kappa shape index (κ3) is 2.51. The van der Waals surface area contributed by atoms with Gasteiger partial charge in [-0.3, -0.25) is 0 Å². The van der Waals surface area contributed by atoms with Crippen LogP contribution < -0.4 is 21.5 Å². The van der Waals surface area contributed by atoms with Gasteiger partial charge in [-0.25, -0.2) is 9.97 Å². The molecule has 0 aliphatic heterocycles. The fourth-order valence-electron chi connectivity index (χ4n) is 2.00. The zero-order valence-corrected chi connectivity index (χ0v) is 11.5. The maximum Gasteiger partial charge on any atom is 0.174 e. The molecule has 0 fully saturated rings. The Morgan fingerprint density at radius 1 is 1.00 bits per heavy atom. The number of hydrogen-bond acceptors (Lipinski definition) is 6. The van der Waals surface area contributed by atoms with Gasteiger partial charge in [-0.15, -0.1) is 0 Å². The second-order valence-corrected chi connectivity index (χ2v) is 4.52. The van der Waals surface area contributed by atoms with Crippen LogP contribution in [0.3, 0.4) is 0 Å². The quantitative estimate of drug-likeness (QED) is 0.638. The minimum absolute atomic E-state index is 0.316. The SMILES string of the molecule is COc1ccc(N)c(Nc2nc3ccccc3nc2N)c1. The molecular formula is C15H15N5O. The standard InChI is InChI=1S/C15H15N5O/c1-21-9-6-7-10(16)13(8-9)20-15-14(17)18-11-4-2-3-5-12(11)19-15/h2-8H,16H2,1H3,(H2,17,18)(H,19,20). The summed E-state index contributed by atoms with van der Waals surface area (Å²) in [7, 11) is 1.60. The number of fused-ring (bicyclic) bond motifs is 1. The van der Waals surface area contributed by atoms with E-state index in [1.165, 1.54) is 0 Å². The molecule has 5 N–H and O–H groups in total. The maximum atomic E-state index is 5.95. The van der Waals surface area contributed by atoms with E-state index in [4.69, 9.17) is 16.2 Å². The summed E-state index contributed by atoms with van der Waals surface area (Å²) in [5, 5.41) is 3.10. The molecule has 0 aliphatic carbocycles. The molecule has 0 bridgehead atoms. The van der Waals surface area contributed by atoms with Crippen molar-refractivity contribution in [3.05, 3.63) is 42.5 Å². The Kier molecular flexibility index (Phi) is 3.19. The van der Waals surface area contributed by atoms with Gasteiger partial charge in [0.15, 0.2) is 11.6 Å². The zero-order valence-electron chi connectivity index (χ0n) is 11.5. The van der Waals surface area contributed by atoms with Gasteiger partial charge in [-0.1, -0.05) is 12.1 Å². The molecule has 1 heterocycles. The van der Waals surface area contributed by atoms with Crippen LogP contribution in [-0.4, -0.2) is 17.1 Å². The first-order valence-electron chi connectivity index (χ1n) is 6.40. The number of nitrogens with one attached hydrogen (secondary N) is 1. The third-order valence-electron chi connectivity index (χ3n) is 3.11. The average Bonchev–Trinajstić information content (AvgIpc) is 2.50. The summed E-state index contributed by atoms with van der Waals surface area (Å²) in [5.41, 5.74) is 14.6. The molecule has 3 rings (SSSR count). The number of rotatable bonds is 3. The molecule has 2 aromatic carbocycles. The molecular weight excluding hydrogens is 266 g/mol. The van der Waals surface area contributed by atoms with Crippen molar-refractivity contribution in [1.82, 2.24) is 9.97 Å². The molecule has 0 saturated carbocycles. The van der Waals surface area contributed by atoms with Crippen LogP contribution in [0.5, 0.6) is 5.75 Å². The molecule has 0 unspecified atom stereocenters. The molecule has 6 nitrogen and oxygen atoms in total. The number of ether oxygens (including phenoxy) is 1. The van der Waals surface area contributed by atoms with Crippen molar-refractivity contribution in [3.8, 4) is 5.75 Å². The largest absolute Gasteiger partial charge is 0.497 e. The van der Waals surface area contributed by atoms with Crippen molar-refractivity contribution in [1.29, 1.82) is 0 Å². The highest BCUT2D eigenvalue weighted by molar-refractivity contribution is 5.83. The Labute approximate surface area is 121 Å². The summed E-state index contributed by atoms with van der Waals surface area (Å²) in [6.45, 7) is 0. The van der Waals surface area contributed by atoms with Crippen LogP contribution in [0.15, 0.2) is 42.5 Å². The number of aromatic nitrogens is 2. The first kappa shape index (κ1) is 13.0. The number of nitrogens with two attached hydrogens (primary N) is 2. The van der Waals surface area contributed by atoms with Crippen LogP contribution in [0, 0.1) is 0 Å². The van der Waals surface area contributed by atoms with E-state index in [1.54, 1.807) is 25.3 Å². The fourth-order valence-corrected chi connectivity index (χ4v) is 2.00. The minimum Gasteiger partial charge on any atom is -0.497 e. The van der Waals surface area contributed by atoms with Crippen molar-refractivity contribution >= 4 is 34.0 Å². The molecule has 0 radical (unpaired) electrons. The van der Waals surface area contributed by atoms with Crippen molar-refractivity contribution < 1.29 is 4.74 Å². The first-order valence-corrected chi connectivity index (χ1v) is 6.40. The van der Waals surface area contributed by atoms with E-state index < -0.39 is 0 Å². The van der Waals surface area contributed by atoms with Gasteiger partial charge in [0.1, 0.15) is 5.75 Å². The second kappa shape index (κ2) is 5.16. The molecule has 3 aromatic rings. The van der Waals surface area contributed by atoms with E-state index in [0.29, 0.717) is 28.8 Å². The highest BCUT2D eigenvalue weighted by atomic mass is 16.5. The van der Waals surface area contributed by atoms with E-state index in [0.717, 1.165) is 11.0 Å². The van der Waals surface area contributed by atoms with E-state index in [9.17, 15) is 0 Å². The van der Waals surface area contributed by atoms with Gasteiger partial charge in [0.25, 0.3) is 0 Å². The molecule has 0 amide bonds. The normalized spacial score (nSPS) is 10.5. The first-order chi connectivity index (χ1) is 10.2. The van der Waals surface area contributed by atoms with Gasteiger partial charge < -0.3 is 21.5 Å². The van der Waals surface area contributed by atoms with Crippen molar-refractivity contribution in [2.75, 3.05) is 23.9 Å². The predicted octanol–water partition coefficient (Wildman–Crippen LogP) is 2.55. The number of nitrogen functional groups attached to an aromatic ring is 2. The molecule has 0 atom stereocenters. The lowest BCUT2D eigenvalue weighted by atomic mass is 10.2. The Morgan fingerprint density at radius 3 is 2.43 bits per heavy atom. The Hall–Kier alpha value is -3.02. The van der Waals surface area contributed by atoms with Gasteiger partial charge in [-0.05, 0) is 24.3 Å². The molecule has 0 aliphatic rings. The summed E-state index contributed by atoms with van der Waals surface area (Å²) >= 11 is 0. The zero-order chi connectivity index (χ0) is 14.8. The van der Waals surface area contributed by atoms with Gasteiger partial charge >= 0.3 is 0 Å². The topological polar surface area (TPSA) is 99.1 Å². The summed E-state index contributed by atoms with van der Waals surface area (Å²) in [6.07, 6.45) is 0. The van der Waals surface area contributed by atoms with Crippen LogP contribution >= 0.6 is 0 Å². The smallest absolute Gasteiger partial charge is 0.174 e. The minimum atomic E-state index is 0.316. The monoisotopic (exact) mass is 281 g/mol. The van der Waals surface area contributed by atoms with Gasteiger partial charge in [0.05, 0.1) is 29.5 Å². The van der Waals surface area contributed by atoms with Crippen LogP contribution in [-0.2, 0) is 0 Å². The number of hydrogen-bond donors (Lipinski definition) is 3. The van der Waals surface area contributed by atoms with Crippen LogP contribution in [0.4, 0.5) is 23.0 Å². The van der Waals surface area contributed by atoms with E-state index in [1.807, 2.05) is 24.3 Å². The number of methoxy groups -OCH3 is 1. The summed E-state index contributed by atoms with van der Waals surface area (Å²) < 4.78 is 5.19. The van der Waals surface area contributed by atoms with E-state index in [2.05, 4.69) is 15.3 Å².